The van der Waals surface area contributed by atoms with Crippen LogP contribution in [-0.4, -0.2) is 26.3 Å². The molecule has 0 saturated carbocycles. The van der Waals surface area contributed by atoms with Crippen LogP contribution >= 0.6 is 11.6 Å². The van der Waals surface area contributed by atoms with Crippen LogP contribution in [0, 0.1) is 5.82 Å². The maximum atomic E-state index is 13.0. The van der Waals surface area contributed by atoms with Gasteiger partial charge in [0.05, 0.1) is 25.5 Å². The minimum absolute atomic E-state index is 0.259. The van der Waals surface area contributed by atoms with Crippen molar-refractivity contribution < 1.29 is 23.4 Å². The fraction of sp³-hybridized carbons (Fsp3) is 0.130. The first-order valence-corrected chi connectivity index (χ1v) is 9.60. The second kappa shape index (κ2) is 10.4. The number of methoxy groups -OCH3 is 2. The number of halogens is 2. The zero-order valence-electron chi connectivity index (χ0n) is 16.9. The van der Waals surface area contributed by atoms with Crippen molar-refractivity contribution in [2.75, 3.05) is 14.2 Å². The number of carbonyl (C=O) groups excluding carboxylic acids is 1. The van der Waals surface area contributed by atoms with Crippen LogP contribution in [-0.2, 0) is 6.61 Å². The van der Waals surface area contributed by atoms with Crippen LogP contribution < -0.4 is 19.6 Å². The molecule has 0 heterocycles. The Morgan fingerprint density at radius 1 is 1.00 bits per heavy atom. The zero-order chi connectivity index (χ0) is 22.2. The molecule has 31 heavy (non-hydrogen) atoms. The maximum absolute atomic E-state index is 13.0. The average molecular weight is 443 g/mol. The largest absolute Gasteiger partial charge is 0.493 e. The van der Waals surface area contributed by atoms with Crippen LogP contribution in [0.15, 0.2) is 65.8 Å². The molecule has 6 nitrogen and oxygen atoms in total. The molecule has 1 amide bonds. The molecule has 0 bridgehead atoms. The molecule has 160 valence electrons. The maximum Gasteiger partial charge on any atom is 0.271 e. The van der Waals surface area contributed by atoms with E-state index in [9.17, 15) is 9.18 Å². The first-order valence-electron chi connectivity index (χ1n) is 9.22. The molecule has 0 radical (unpaired) electrons. The van der Waals surface area contributed by atoms with Crippen LogP contribution in [0.25, 0.3) is 0 Å². The molecule has 0 aliphatic rings. The topological polar surface area (TPSA) is 69.2 Å². The molecule has 3 aromatic rings. The minimum Gasteiger partial charge on any atom is -0.493 e. The van der Waals surface area contributed by atoms with Crippen molar-refractivity contribution in [1.29, 1.82) is 0 Å². The highest BCUT2D eigenvalue weighted by molar-refractivity contribution is 6.32. The third-order valence-corrected chi connectivity index (χ3v) is 4.58. The van der Waals surface area contributed by atoms with Crippen molar-refractivity contribution in [3.63, 3.8) is 0 Å². The molecular weight excluding hydrogens is 423 g/mol. The van der Waals surface area contributed by atoms with Gasteiger partial charge in [-0.25, -0.2) is 9.82 Å². The Balaban J connectivity index is 1.59. The van der Waals surface area contributed by atoms with Gasteiger partial charge >= 0.3 is 0 Å². The highest BCUT2D eigenvalue weighted by Crippen LogP contribution is 2.28. The summed E-state index contributed by atoms with van der Waals surface area (Å²) in [4.78, 5) is 12.3. The molecule has 0 unspecified atom stereocenters. The number of nitrogens with one attached hydrogen (secondary N) is 1. The Bertz CT molecular complexity index is 1090. The van der Waals surface area contributed by atoms with E-state index in [1.165, 1.54) is 32.6 Å². The number of rotatable bonds is 8. The van der Waals surface area contributed by atoms with Gasteiger partial charge in [0.2, 0.25) is 0 Å². The van der Waals surface area contributed by atoms with Gasteiger partial charge < -0.3 is 14.2 Å². The summed E-state index contributed by atoms with van der Waals surface area (Å²) in [5.41, 5.74) is 4.32. The summed E-state index contributed by atoms with van der Waals surface area (Å²) in [6, 6.07) is 15.9. The number of benzene rings is 3. The molecule has 1 N–H and O–H groups in total. The number of hydrogen-bond acceptors (Lipinski definition) is 5. The van der Waals surface area contributed by atoms with Crippen molar-refractivity contribution in [2.45, 2.75) is 6.61 Å². The van der Waals surface area contributed by atoms with E-state index >= 15 is 0 Å². The molecule has 0 fully saturated rings. The Morgan fingerprint density at radius 3 is 2.39 bits per heavy atom. The van der Waals surface area contributed by atoms with E-state index in [-0.39, 0.29) is 12.4 Å². The van der Waals surface area contributed by atoms with Gasteiger partial charge in [-0.05, 0) is 59.7 Å². The van der Waals surface area contributed by atoms with Crippen LogP contribution in [0.2, 0.25) is 5.02 Å². The molecule has 0 aromatic heterocycles. The standard InChI is InChI=1S/C23H20ClFN2O4/c1-29-21-10-6-17(12-22(21)30-2)23(28)27-26-13-16-5-9-20(19(24)11-16)31-14-15-3-7-18(25)8-4-15/h3-13H,14H2,1-2H3,(H,27,28)/b26-13+. The highest BCUT2D eigenvalue weighted by atomic mass is 35.5. The zero-order valence-corrected chi connectivity index (χ0v) is 17.7. The first-order chi connectivity index (χ1) is 15.0. The summed E-state index contributed by atoms with van der Waals surface area (Å²) in [6.45, 7) is 0.259. The van der Waals surface area contributed by atoms with Gasteiger partial charge in [0.1, 0.15) is 18.2 Å². The number of carbonyl (C=O) groups is 1. The quantitative estimate of drug-likeness (QED) is 0.400. The Kier molecular flexibility index (Phi) is 7.45. The molecule has 3 rings (SSSR count). The predicted molar refractivity (Wildman–Crippen MR) is 117 cm³/mol. The summed E-state index contributed by atoms with van der Waals surface area (Å²) in [5, 5.41) is 4.34. The second-order valence-corrected chi connectivity index (χ2v) is 6.78. The van der Waals surface area contributed by atoms with Crippen molar-refractivity contribution in [3.05, 3.63) is 88.2 Å². The second-order valence-electron chi connectivity index (χ2n) is 6.37. The van der Waals surface area contributed by atoms with E-state index in [1.807, 2.05) is 0 Å². The summed E-state index contributed by atoms with van der Waals surface area (Å²) in [5.74, 6) is 0.754. The van der Waals surface area contributed by atoms with Gasteiger partial charge in [-0.3, -0.25) is 4.79 Å². The summed E-state index contributed by atoms with van der Waals surface area (Å²) in [7, 11) is 3.01. The lowest BCUT2D eigenvalue weighted by Crippen LogP contribution is -2.17. The fourth-order valence-electron chi connectivity index (χ4n) is 2.66. The Labute approximate surface area is 184 Å². The van der Waals surface area contributed by atoms with E-state index in [0.717, 1.165) is 5.56 Å². The van der Waals surface area contributed by atoms with E-state index in [1.54, 1.807) is 48.5 Å². The first kappa shape index (κ1) is 22.1. The lowest BCUT2D eigenvalue weighted by atomic mass is 10.2. The van der Waals surface area contributed by atoms with Crippen molar-refractivity contribution in [1.82, 2.24) is 5.43 Å². The van der Waals surface area contributed by atoms with E-state index in [0.29, 0.717) is 33.4 Å². The Morgan fingerprint density at radius 2 is 1.71 bits per heavy atom. The molecule has 8 heteroatoms. The minimum atomic E-state index is -0.400. The van der Waals surface area contributed by atoms with Crippen LogP contribution in [0.5, 0.6) is 17.2 Å². The molecule has 0 spiro atoms. The number of hydrogen-bond donors (Lipinski definition) is 1. The molecule has 0 aliphatic carbocycles. The lowest BCUT2D eigenvalue weighted by molar-refractivity contribution is 0.0954. The summed E-state index contributed by atoms with van der Waals surface area (Å²) >= 11 is 6.26. The van der Waals surface area contributed by atoms with Crippen LogP contribution in [0.1, 0.15) is 21.5 Å². The van der Waals surface area contributed by atoms with Gasteiger partial charge in [-0.2, -0.15) is 5.10 Å². The lowest BCUT2D eigenvalue weighted by Gasteiger charge is -2.09. The number of nitrogens with zero attached hydrogens (tertiary/aromatic N) is 1. The molecule has 0 saturated heterocycles. The van der Waals surface area contributed by atoms with Crippen LogP contribution in [0.3, 0.4) is 0 Å². The Hall–Kier alpha value is -3.58. The molecule has 3 aromatic carbocycles. The molecule has 0 aliphatic heterocycles. The van der Waals surface area contributed by atoms with Crippen LogP contribution in [0.4, 0.5) is 4.39 Å². The summed E-state index contributed by atoms with van der Waals surface area (Å²) < 4.78 is 29.0. The van der Waals surface area contributed by atoms with Gasteiger partial charge in [-0.1, -0.05) is 23.7 Å². The fourth-order valence-corrected chi connectivity index (χ4v) is 2.91. The van der Waals surface area contributed by atoms with Gasteiger partial charge in [-0.15, -0.1) is 0 Å². The third-order valence-electron chi connectivity index (χ3n) is 4.29. The number of amides is 1. The average Bonchev–Trinajstić information content (AvgIpc) is 2.79. The SMILES string of the molecule is COc1ccc(C(=O)N/N=C/c2ccc(OCc3ccc(F)cc3)c(Cl)c2)cc1OC. The molecular formula is C23H20ClFN2O4. The third kappa shape index (κ3) is 5.96. The number of hydrazone groups is 1. The van der Waals surface area contributed by atoms with Gasteiger partial charge in [0.25, 0.3) is 5.91 Å². The highest BCUT2D eigenvalue weighted by Gasteiger charge is 2.10. The predicted octanol–water partition coefficient (Wildman–Crippen LogP) is 4.84. The van der Waals surface area contributed by atoms with Crippen molar-refractivity contribution in [3.8, 4) is 17.2 Å². The van der Waals surface area contributed by atoms with Gasteiger partial charge in [0, 0.05) is 5.56 Å². The van der Waals surface area contributed by atoms with Gasteiger partial charge in [0.15, 0.2) is 11.5 Å². The van der Waals surface area contributed by atoms with Crippen molar-refractivity contribution >= 4 is 23.7 Å². The normalized spacial score (nSPS) is 10.7. The van der Waals surface area contributed by atoms with Crippen molar-refractivity contribution in [2.24, 2.45) is 5.10 Å². The smallest absolute Gasteiger partial charge is 0.271 e. The molecule has 0 atom stereocenters. The van der Waals surface area contributed by atoms with E-state index < -0.39 is 5.91 Å². The van der Waals surface area contributed by atoms with E-state index in [4.69, 9.17) is 25.8 Å². The monoisotopic (exact) mass is 442 g/mol. The number of ether oxygens (including phenoxy) is 3. The summed E-state index contributed by atoms with van der Waals surface area (Å²) in [6.07, 6.45) is 1.47. The van der Waals surface area contributed by atoms with E-state index in [2.05, 4.69) is 10.5 Å².